The second kappa shape index (κ2) is 6.57. The second-order valence-corrected chi connectivity index (χ2v) is 6.19. The van der Waals surface area contributed by atoms with Gasteiger partial charge >= 0.3 is 5.97 Å². The smallest absolute Gasteiger partial charge is 0.338 e. The average Bonchev–Trinajstić information content (AvgIpc) is 2.54. The molecular weight excluding hydrogens is 300 g/mol. The number of hydrogen-bond donors (Lipinski definition) is 0. The van der Waals surface area contributed by atoms with Crippen molar-refractivity contribution in [3.05, 3.63) is 35.9 Å². The molecule has 0 bridgehead atoms. The maximum atomic E-state index is 12.3. The van der Waals surface area contributed by atoms with Crippen LogP contribution < -0.4 is 0 Å². The van der Waals surface area contributed by atoms with Gasteiger partial charge in [0.05, 0.1) is 18.3 Å². The summed E-state index contributed by atoms with van der Waals surface area (Å²) < 4.78 is 28.2. The van der Waals surface area contributed by atoms with E-state index in [1.54, 1.807) is 24.3 Å². The zero-order valence-electron chi connectivity index (χ0n) is 13.6. The Morgan fingerprint density at radius 2 is 1.96 bits per heavy atom. The minimum atomic E-state index is -0.668. The maximum absolute atomic E-state index is 12.3. The molecule has 0 amide bonds. The van der Waals surface area contributed by atoms with Crippen molar-refractivity contribution in [1.82, 2.24) is 0 Å². The minimum Gasteiger partial charge on any atom is -0.453 e. The third kappa shape index (κ3) is 3.72. The number of rotatable bonds is 3. The first-order valence-corrected chi connectivity index (χ1v) is 7.74. The summed E-state index contributed by atoms with van der Waals surface area (Å²) in [5.74, 6) is -1.07. The van der Waals surface area contributed by atoms with Gasteiger partial charge in [-0.05, 0) is 26.0 Å². The number of ether oxygens (including phenoxy) is 5. The summed E-state index contributed by atoms with van der Waals surface area (Å²) in [5, 5.41) is 0. The van der Waals surface area contributed by atoms with Gasteiger partial charge in [-0.2, -0.15) is 0 Å². The Bertz CT molecular complexity index is 543. The van der Waals surface area contributed by atoms with Crippen LogP contribution in [0.1, 0.15) is 30.6 Å². The van der Waals surface area contributed by atoms with Crippen LogP contribution in [-0.4, -0.2) is 50.1 Å². The molecule has 4 atom stereocenters. The standard InChI is InChI=1S/C17H22O6/c1-17(2)20-10-14-12(23-17)9-13(16(19-3)22-14)21-15(18)11-7-5-4-6-8-11/h4-8,12-14,16H,9-10H2,1-3H3/t12-,13+,14+,16-/m0/s1. The molecule has 0 aromatic heterocycles. The van der Waals surface area contributed by atoms with Crippen LogP contribution in [0.4, 0.5) is 0 Å². The predicted octanol–water partition coefficient (Wildman–Crippen LogP) is 2.12. The van der Waals surface area contributed by atoms with E-state index < -0.39 is 24.2 Å². The monoisotopic (exact) mass is 322 g/mol. The van der Waals surface area contributed by atoms with Crippen molar-refractivity contribution in [2.45, 2.75) is 50.7 Å². The van der Waals surface area contributed by atoms with Crippen molar-refractivity contribution in [3.63, 3.8) is 0 Å². The van der Waals surface area contributed by atoms with Crippen LogP contribution in [0.3, 0.4) is 0 Å². The molecule has 1 aromatic rings. The molecule has 0 radical (unpaired) electrons. The van der Waals surface area contributed by atoms with Crippen LogP contribution in [0, 0.1) is 0 Å². The molecule has 0 aliphatic carbocycles. The molecule has 1 aromatic carbocycles. The minimum absolute atomic E-state index is 0.196. The highest BCUT2D eigenvalue weighted by Gasteiger charge is 2.46. The first-order valence-electron chi connectivity index (χ1n) is 7.74. The zero-order valence-corrected chi connectivity index (χ0v) is 13.6. The van der Waals surface area contributed by atoms with E-state index in [2.05, 4.69) is 0 Å². The largest absolute Gasteiger partial charge is 0.453 e. The number of carbonyl (C=O) groups is 1. The van der Waals surface area contributed by atoms with Gasteiger partial charge in [-0.1, -0.05) is 18.2 Å². The van der Waals surface area contributed by atoms with Crippen molar-refractivity contribution >= 4 is 5.97 Å². The quantitative estimate of drug-likeness (QED) is 0.795. The van der Waals surface area contributed by atoms with Gasteiger partial charge in [0.1, 0.15) is 6.10 Å². The molecular formula is C17H22O6. The van der Waals surface area contributed by atoms with Gasteiger partial charge in [0.2, 0.25) is 0 Å². The molecule has 2 aliphatic heterocycles. The fourth-order valence-electron chi connectivity index (χ4n) is 2.88. The van der Waals surface area contributed by atoms with Crippen LogP contribution in [0.25, 0.3) is 0 Å². The molecule has 0 unspecified atom stereocenters. The molecule has 23 heavy (non-hydrogen) atoms. The fraction of sp³-hybridized carbons (Fsp3) is 0.588. The number of carbonyl (C=O) groups excluding carboxylic acids is 1. The second-order valence-electron chi connectivity index (χ2n) is 6.19. The summed E-state index contributed by atoms with van der Waals surface area (Å²) in [4.78, 5) is 12.3. The average molecular weight is 322 g/mol. The molecule has 6 nitrogen and oxygen atoms in total. The van der Waals surface area contributed by atoms with E-state index in [4.69, 9.17) is 23.7 Å². The molecule has 2 fully saturated rings. The first kappa shape index (κ1) is 16.4. The molecule has 0 N–H and O–H groups in total. The van der Waals surface area contributed by atoms with E-state index in [9.17, 15) is 4.79 Å². The Kier molecular flexibility index (Phi) is 4.68. The van der Waals surface area contributed by atoms with E-state index in [0.29, 0.717) is 18.6 Å². The van der Waals surface area contributed by atoms with Gasteiger partial charge in [-0.3, -0.25) is 0 Å². The molecule has 6 heteroatoms. The lowest BCUT2D eigenvalue weighted by Crippen LogP contribution is -2.58. The Labute approximate surface area is 135 Å². The maximum Gasteiger partial charge on any atom is 0.338 e. The van der Waals surface area contributed by atoms with Crippen molar-refractivity contribution < 1.29 is 28.5 Å². The van der Waals surface area contributed by atoms with E-state index in [0.717, 1.165) is 0 Å². The molecule has 3 rings (SSSR count). The lowest BCUT2D eigenvalue weighted by Gasteiger charge is -2.46. The van der Waals surface area contributed by atoms with E-state index in [1.807, 2.05) is 19.9 Å². The molecule has 126 valence electrons. The Morgan fingerprint density at radius 1 is 1.22 bits per heavy atom. The lowest BCUT2D eigenvalue weighted by molar-refractivity contribution is -0.357. The number of esters is 1. The predicted molar refractivity (Wildman–Crippen MR) is 80.8 cm³/mol. The van der Waals surface area contributed by atoms with Crippen molar-refractivity contribution in [1.29, 1.82) is 0 Å². The van der Waals surface area contributed by atoms with Crippen LogP contribution in [0.5, 0.6) is 0 Å². The first-order chi connectivity index (χ1) is 11.0. The lowest BCUT2D eigenvalue weighted by atomic mass is 10.0. The van der Waals surface area contributed by atoms with Gasteiger partial charge in [0, 0.05) is 13.5 Å². The van der Waals surface area contributed by atoms with Gasteiger partial charge in [0.15, 0.2) is 18.2 Å². The summed E-state index contributed by atoms with van der Waals surface area (Å²) in [5.41, 5.74) is 0.498. The van der Waals surface area contributed by atoms with E-state index in [-0.39, 0.29) is 12.2 Å². The summed E-state index contributed by atoms with van der Waals surface area (Å²) in [6, 6.07) is 8.86. The third-order valence-corrected chi connectivity index (χ3v) is 4.02. The number of fused-ring (bicyclic) bond motifs is 1. The Morgan fingerprint density at radius 3 is 2.65 bits per heavy atom. The van der Waals surface area contributed by atoms with Gasteiger partial charge < -0.3 is 23.7 Å². The van der Waals surface area contributed by atoms with Crippen LogP contribution >= 0.6 is 0 Å². The number of hydrogen-bond acceptors (Lipinski definition) is 6. The highest BCUT2D eigenvalue weighted by Crippen LogP contribution is 2.33. The summed E-state index contributed by atoms with van der Waals surface area (Å²) >= 11 is 0. The molecule has 2 aliphatic rings. The van der Waals surface area contributed by atoms with Crippen LogP contribution in [-0.2, 0) is 23.7 Å². The van der Waals surface area contributed by atoms with E-state index >= 15 is 0 Å². The topological polar surface area (TPSA) is 63.2 Å². The summed E-state index contributed by atoms with van der Waals surface area (Å²) in [6.45, 7) is 4.14. The normalized spacial score (nSPS) is 32.8. The van der Waals surface area contributed by atoms with Crippen LogP contribution in [0.2, 0.25) is 0 Å². The third-order valence-electron chi connectivity index (χ3n) is 4.02. The summed E-state index contributed by atoms with van der Waals surface area (Å²) in [7, 11) is 1.53. The molecule has 0 spiro atoms. The summed E-state index contributed by atoms with van der Waals surface area (Å²) in [6.07, 6.45) is -1.06. The van der Waals surface area contributed by atoms with Crippen molar-refractivity contribution in [3.8, 4) is 0 Å². The number of methoxy groups -OCH3 is 1. The van der Waals surface area contributed by atoms with Crippen LogP contribution in [0.15, 0.2) is 30.3 Å². The highest BCUT2D eigenvalue weighted by atomic mass is 16.8. The van der Waals surface area contributed by atoms with Gasteiger partial charge in [-0.25, -0.2) is 4.79 Å². The van der Waals surface area contributed by atoms with Gasteiger partial charge in [-0.15, -0.1) is 0 Å². The van der Waals surface area contributed by atoms with Gasteiger partial charge in [0.25, 0.3) is 0 Å². The molecule has 2 heterocycles. The molecule has 2 saturated heterocycles. The molecule has 0 saturated carbocycles. The number of benzene rings is 1. The van der Waals surface area contributed by atoms with E-state index in [1.165, 1.54) is 7.11 Å². The van der Waals surface area contributed by atoms with Crippen molar-refractivity contribution in [2.75, 3.05) is 13.7 Å². The Hall–Kier alpha value is -1.47. The zero-order chi connectivity index (χ0) is 16.4. The fourth-order valence-corrected chi connectivity index (χ4v) is 2.88. The highest BCUT2D eigenvalue weighted by molar-refractivity contribution is 5.89. The Balaban J connectivity index is 1.69. The van der Waals surface area contributed by atoms with Crippen molar-refractivity contribution in [2.24, 2.45) is 0 Å². The SMILES string of the molecule is CO[C@H]1O[C@@H]2COC(C)(C)O[C@H]2C[C@H]1OC(=O)c1ccccc1.